The molecule has 0 amide bonds. The second-order valence-electron chi connectivity index (χ2n) is 5.18. The monoisotopic (exact) mass is 269 g/mol. The highest BCUT2D eigenvalue weighted by atomic mass is 35.5. The Morgan fingerprint density at radius 2 is 2.06 bits per heavy atom. The van der Waals surface area contributed by atoms with Gasteiger partial charge in [-0.1, -0.05) is 23.7 Å². The van der Waals surface area contributed by atoms with E-state index in [2.05, 4.69) is 38.2 Å². The lowest BCUT2D eigenvalue weighted by molar-refractivity contribution is -0.0363. The third-order valence-corrected chi connectivity index (χ3v) is 3.69. The Hall–Kier alpha value is -0.570. The lowest BCUT2D eigenvalue weighted by Gasteiger charge is -2.34. The van der Waals surface area contributed by atoms with Crippen LogP contribution >= 0.6 is 11.6 Å². The van der Waals surface area contributed by atoms with Gasteiger partial charge in [0.05, 0.1) is 5.60 Å². The molecule has 0 heterocycles. The first-order chi connectivity index (χ1) is 8.40. The van der Waals surface area contributed by atoms with Crippen LogP contribution in [-0.2, 0) is 11.2 Å². The fraction of sp³-hybridized carbons (Fsp3) is 0.600. The van der Waals surface area contributed by atoms with E-state index in [1.54, 1.807) is 0 Å². The summed E-state index contributed by atoms with van der Waals surface area (Å²) in [4.78, 5) is 0. The summed E-state index contributed by atoms with van der Waals surface area (Å²) in [5.41, 5.74) is 2.14. The molecule has 0 radical (unpaired) electrons. The van der Waals surface area contributed by atoms with Crippen molar-refractivity contribution in [1.29, 1.82) is 0 Å². The van der Waals surface area contributed by atoms with Crippen LogP contribution in [0.4, 0.5) is 0 Å². The molecule has 0 bridgehead atoms. The Bertz CT molecular complexity index is 390. The highest BCUT2D eigenvalue weighted by Gasteiger charge is 2.29. The van der Waals surface area contributed by atoms with Gasteiger partial charge in [-0.05, 0) is 58.4 Å². The topological polar surface area (TPSA) is 21.3 Å². The molecule has 0 saturated heterocycles. The smallest absolute Gasteiger partial charge is 0.0781 e. The van der Waals surface area contributed by atoms with Crippen LogP contribution in [-0.4, -0.2) is 25.3 Å². The molecule has 18 heavy (non-hydrogen) atoms. The van der Waals surface area contributed by atoms with Gasteiger partial charge in [0.15, 0.2) is 0 Å². The minimum atomic E-state index is -0.211. The molecule has 1 aromatic carbocycles. The first-order valence-corrected chi connectivity index (χ1v) is 6.84. The minimum Gasteiger partial charge on any atom is -0.374 e. The fourth-order valence-electron chi connectivity index (χ4n) is 2.21. The van der Waals surface area contributed by atoms with Gasteiger partial charge in [-0.3, -0.25) is 0 Å². The SMILES string of the molecule is CCOC(C)(C)C(Cc1ccc(C)cc1Cl)NC. The van der Waals surface area contributed by atoms with Crippen LogP contribution < -0.4 is 5.32 Å². The Morgan fingerprint density at radius 3 is 2.56 bits per heavy atom. The van der Waals surface area contributed by atoms with Crippen molar-refractivity contribution in [1.82, 2.24) is 5.32 Å². The zero-order valence-electron chi connectivity index (χ0n) is 12.0. The summed E-state index contributed by atoms with van der Waals surface area (Å²) in [6.45, 7) is 9.01. The molecule has 0 fully saturated rings. The third-order valence-electron chi connectivity index (χ3n) is 3.34. The fourth-order valence-corrected chi connectivity index (χ4v) is 2.52. The molecule has 0 aliphatic heterocycles. The highest BCUT2D eigenvalue weighted by molar-refractivity contribution is 6.31. The molecule has 102 valence electrons. The van der Waals surface area contributed by atoms with Crippen molar-refractivity contribution >= 4 is 11.6 Å². The van der Waals surface area contributed by atoms with Crippen LogP contribution in [0, 0.1) is 6.92 Å². The molecule has 1 rings (SSSR count). The van der Waals surface area contributed by atoms with Crippen molar-refractivity contribution in [2.45, 2.75) is 45.8 Å². The van der Waals surface area contributed by atoms with Crippen molar-refractivity contribution in [3.63, 3.8) is 0 Å². The van der Waals surface area contributed by atoms with Gasteiger partial charge >= 0.3 is 0 Å². The highest BCUT2D eigenvalue weighted by Crippen LogP contribution is 2.24. The molecule has 1 unspecified atom stereocenters. The first kappa shape index (κ1) is 15.5. The number of likely N-dealkylation sites (N-methyl/N-ethyl adjacent to an activating group) is 1. The summed E-state index contributed by atoms with van der Waals surface area (Å²) in [7, 11) is 1.97. The minimum absolute atomic E-state index is 0.211. The van der Waals surface area contributed by atoms with Crippen LogP contribution in [0.15, 0.2) is 18.2 Å². The average Bonchev–Trinajstić information content (AvgIpc) is 2.27. The van der Waals surface area contributed by atoms with E-state index >= 15 is 0 Å². The van der Waals surface area contributed by atoms with E-state index in [4.69, 9.17) is 16.3 Å². The van der Waals surface area contributed by atoms with E-state index < -0.39 is 0 Å². The number of hydrogen-bond acceptors (Lipinski definition) is 2. The number of aryl methyl sites for hydroxylation is 1. The van der Waals surface area contributed by atoms with Crippen molar-refractivity contribution in [2.24, 2.45) is 0 Å². The maximum absolute atomic E-state index is 6.29. The molecule has 2 nitrogen and oxygen atoms in total. The van der Waals surface area contributed by atoms with Crippen molar-refractivity contribution in [3.8, 4) is 0 Å². The summed E-state index contributed by atoms with van der Waals surface area (Å²) in [5, 5.41) is 4.17. The molecular weight excluding hydrogens is 246 g/mol. The molecule has 1 atom stereocenters. The predicted octanol–water partition coefficient (Wildman–Crippen LogP) is 3.59. The number of nitrogens with one attached hydrogen (secondary N) is 1. The van der Waals surface area contributed by atoms with Crippen LogP contribution in [0.1, 0.15) is 31.9 Å². The van der Waals surface area contributed by atoms with Crippen LogP contribution in [0.3, 0.4) is 0 Å². The van der Waals surface area contributed by atoms with Gasteiger partial charge in [0.2, 0.25) is 0 Å². The molecule has 0 aliphatic rings. The van der Waals surface area contributed by atoms with Gasteiger partial charge in [-0.25, -0.2) is 0 Å². The molecule has 0 saturated carbocycles. The zero-order valence-corrected chi connectivity index (χ0v) is 12.8. The first-order valence-electron chi connectivity index (χ1n) is 6.47. The Kier molecular flexibility index (Phi) is 5.64. The normalized spacial score (nSPS) is 13.7. The quantitative estimate of drug-likeness (QED) is 0.852. The summed E-state index contributed by atoms with van der Waals surface area (Å²) < 4.78 is 5.81. The van der Waals surface area contributed by atoms with Crippen LogP contribution in [0.5, 0.6) is 0 Å². The number of halogens is 1. The second-order valence-corrected chi connectivity index (χ2v) is 5.58. The molecular formula is C15H24ClNO. The standard InChI is InChI=1S/C15H24ClNO/c1-6-18-15(3,4)14(17-5)10-12-8-7-11(2)9-13(12)16/h7-9,14,17H,6,10H2,1-5H3. The second kappa shape index (κ2) is 6.55. The molecule has 3 heteroatoms. The van der Waals surface area contributed by atoms with E-state index in [0.717, 1.165) is 17.0 Å². The summed E-state index contributed by atoms with van der Waals surface area (Å²) >= 11 is 6.29. The predicted molar refractivity (Wildman–Crippen MR) is 78.4 cm³/mol. The largest absolute Gasteiger partial charge is 0.374 e. The molecule has 1 aromatic rings. The summed E-state index contributed by atoms with van der Waals surface area (Å²) in [6.07, 6.45) is 0.864. The van der Waals surface area contributed by atoms with Crippen LogP contribution in [0.25, 0.3) is 0 Å². The molecule has 0 aromatic heterocycles. The number of rotatable bonds is 6. The van der Waals surface area contributed by atoms with E-state index in [9.17, 15) is 0 Å². The lowest BCUT2D eigenvalue weighted by Crippen LogP contribution is -2.48. The van der Waals surface area contributed by atoms with Gasteiger partial charge in [-0.2, -0.15) is 0 Å². The Morgan fingerprint density at radius 1 is 1.39 bits per heavy atom. The average molecular weight is 270 g/mol. The molecule has 0 spiro atoms. The number of benzene rings is 1. The van der Waals surface area contributed by atoms with Crippen LogP contribution in [0.2, 0.25) is 5.02 Å². The Balaban J connectivity index is 2.85. The maximum atomic E-state index is 6.29. The van der Waals surface area contributed by atoms with E-state index in [-0.39, 0.29) is 11.6 Å². The van der Waals surface area contributed by atoms with E-state index in [1.807, 2.05) is 20.0 Å². The third kappa shape index (κ3) is 3.98. The number of ether oxygens (including phenoxy) is 1. The summed E-state index contributed by atoms with van der Waals surface area (Å²) in [6, 6.07) is 6.45. The van der Waals surface area contributed by atoms with Gasteiger partial charge in [0.1, 0.15) is 0 Å². The van der Waals surface area contributed by atoms with Gasteiger partial charge in [-0.15, -0.1) is 0 Å². The maximum Gasteiger partial charge on any atom is 0.0781 e. The summed E-state index contributed by atoms with van der Waals surface area (Å²) in [5.74, 6) is 0. The number of hydrogen-bond donors (Lipinski definition) is 1. The molecule has 1 N–H and O–H groups in total. The van der Waals surface area contributed by atoms with Crippen molar-refractivity contribution in [2.75, 3.05) is 13.7 Å². The van der Waals surface area contributed by atoms with Gasteiger partial charge < -0.3 is 10.1 Å². The van der Waals surface area contributed by atoms with Gasteiger partial charge in [0.25, 0.3) is 0 Å². The van der Waals surface area contributed by atoms with Crippen molar-refractivity contribution < 1.29 is 4.74 Å². The zero-order chi connectivity index (χ0) is 13.8. The Labute approximate surface area is 116 Å². The van der Waals surface area contributed by atoms with Crippen molar-refractivity contribution in [3.05, 3.63) is 34.3 Å². The lowest BCUT2D eigenvalue weighted by atomic mass is 9.92. The van der Waals surface area contributed by atoms with Gasteiger partial charge in [0, 0.05) is 17.7 Å². The van der Waals surface area contributed by atoms with E-state index in [0.29, 0.717) is 6.61 Å². The molecule has 0 aliphatic carbocycles. The van der Waals surface area contributed by atoms with E-state index in [1.165, 1.54) is 5.56 Å².